The van der Waals surface area contributed by atoms with Crippen molar-refractivity contribution >= 4 is 22.6 Å². The van der Waals surface area contributed by atoms with Crippen molar-refractivity contribution in [3.05, 3.63) is 28.5 Å². The van der Waals surface area contributed by atoms with Gasteiger partial charge in [0, 0.05) is 6.54 Å². The molecule has 0 radical (unpaired) electrons. The van der Waals surface area contributed by atoms with Crippen LogP contribution in [-0.4, -0.2) is 9.55 Å². The van der Waals surface area contributed by atoms with Crippen molar-refractivity contribution in [3.8, 4) is 0 Å². The molecule has 0 amide bonds. The molecular weight excluding hydrogens is 277 g/mol. The average Bonchev–Trinajstić information content (AvgIpc) is 2.67. The normalized spacial score (nSPS) is 11.4. The van der Waals surface area contributed by atoms with E-state index >= 15 is 0 Å². The fourth-order valence-corrected chi connectivity index (χ4v) is 2.12. The molecule has 19 heavy (non-hydrogen) atoms. The Kier molecular flexibility index (Phi) is 4.85. The van der Waals surface area contributed by atoms with Crippen molar-refractivity contribution in [1.29, 1.82) is 0 Å². The van der Waals surface area contributed by atoms with Crippen LogP contribution in [0.5, 0.6) is 0 Å². The van der Waals surface area contributed by atoms with Crippen LogP contribution in [-0.2, 0) is 12.7 Å². The minimum absolute atomic E-state index is 0.213. The van der Waals surface area contributed by atoms with Gasteiger partial charge in [-0.2, -0.15) is 13.2 Å². The number of rotatable bonds is 1. The number of halogens is 4. The topological polar surface area (TPSA) is 17.8 Å². The van der Waals surface area contributed by atoms with Gasteiger partial charge in [0.25, 0.3) is 0 Å². The number of hydrogen-bond acceptors (Lipinski definition) is 1. The van der Waals surface area contributed by atoms with Gasteiger partial charge in [-0.3, -0.25) is 0 Å². The van der Waals surface area contributed by atoms with Crippen LogP contribution in [0.1, 0.15) is 31.9 Å². The average molecular weight is 293 g/mol. The third kappa shape index (κ3) is 3.03. The van der Waals surface area contributed by atoms with E-state index in [9.17, 15) is 13.2 Å². The van der Waals surface area contributed by atoms with E-state index in [1.807, 2.05) is 20.8 Å². The molecule has 0 bridgehead atoms. The van der Waals surface area contributed by atoms with Crippen LogP contribution in [0.25, 0.3) is 11.0 Å². The summed E-state index contributed by atoms with van der Waals surface area (Å²) in [6.07, 6.45) is -4.35. The van der Waals surface area contributed by atoms with Crippen LogP contribution < -0.4 is 0 Å². The van der Waals surface area contributed by atoms with Crippen molar-refractivity contribution in [2.24, 2.45) is 0 Å². The van der Waals surface area contributed by atoms with Crippen molar-refractivity contribution in [2.75, 3.05) is 0 Å². The second-order valence-corrected chi connectivity index (χ2v) is 4.12. The van der Waals surface area contributed by atoms with Gasteiger partial charge in [-0.25, -0.2) is 4.98 Å². The Bertz CT molecular complexity index is 573. The highest BCUT2D eigenvalue weighted by Crippen LogP contribution is 2.33. The standard InChI is InChI=1S/C11H10ClF3N2.C2H6/c1-3-17-8-5-7(11(13,14)15)4-6(2)9(8)16-10(17)12;1-2/h4-5H,3H2,1-2H3;1-2H3. The first-order chi connectivity index (χ1) is 8.84. The quantitative estimate of drug-likeness (QED) is 0.718. The molecule has 1 aromatic heterocycles. The fraction of sp³-hybridized carbons (Fsp3) is 0.462. The summed E-state index contributed by atoms with van der Waals surface area (Å²) in [6.45, 7) is 7.89. The zero-order chi connectivity index (χ0) is 14.8. The van der Waals surface area contributed by atoms with Crippen LogP contribution in [0.4, 0.5) is 13.2 Å². The van der Waals surface area contributed by atoms with Crippen molar-refractivity contribution in [1.82, 2.24) is 9.55 Å². The molecule has 2 nitrogen and oxygen atoms in total. The molecule has 6 heteroatoms. The lowest BCUT2D eigenvalue weighted by atomic mass is 10.1. The minimum Gasteiger partial charge on any atom is -0.315 e. The summed E-state index contributed by atoms with van der Waals surface area (Å²) < 4.78 is 39.6. The summed E-state index contributed by atoms with van der Waals surface area (Å²) in [5.41, 5.74) is 0.743. The predicted octanol–water partition coefficient (Wildman–Crippen LogP) is 5.06. The van der Waals surface area contributed by atoms with Gasteiger partial charge in [-0.05, 0) is 43.1 Å². The number of benzene rings is 1. The first-order valence-corrected chi connectivity index (χ1v) is 6.46. The maximum Gasteiger partial charge on any atom is 0.416 e. The van der Waals surface area contributed by atoms with E-state index in [1.165, 1.54) is 0 Å². The van der Waals surface area contributed by atoms with Crippen LogP contribution in [0, 0.1) is 6.92 Å². The summed E-state index contributed by atoms with van der Waals surface area (Å²) in [4.78, 5) is 4.07. The summed E-state index contributed by atoms with van der Waals surface area (Å²) in [5.74, 6) is 0. The van der Waals surface area contributed by atoms with Gasteiger partial charge in [-0.1, -0.05) is 13.8 Å². The second-order valence-electron chi connectivity index (χ2n) is 3.78. The Morgan fingerprint density at radius 1 is 1.26 bits per heavy atom. The molecule has 0 unspecified atom stereocenters. The Morgan fingerprint density at radius 2 is 1.84 bits per heavy atom. The number of hydrogen-bond donors (Lipinski definition) is 0. The molecule has 1 heterocycles. The van der Waals surface area contributed by atoms with Crippen LogP contribution in [0.15, 0.2) is 12.1 Å². The summed E-state index contributed by atoms with van der Waals surface area (Å²) in [7, 11) is 0. The molecule has 0 aliphatic rings. The first kappa shape index (κ1) is 15.8. The molecule has 0 spiro atoms. The number of alkyl halides is 3. The third-order valence-electron chi connectivity index (χ3n) is 2.64. The fourth-order valence-electron chi connectivity index (χ4n) is 1.83. The van der Waals surface area contributed by atoms with E-state index in [0.717, 1.165) is 12.1 Å². The highest BCUT2D eigenvalue weighted by Gasteiger charge is 2.31. The van der Waals surface area contributed by atoms with E-state index in [1.54, 1.807) is 11.5 Å². The molecule has 0 saturated heterocycles. The summed E-state index contributed by atoms with van der Waals surface area (Å²) in [5, 5.41) is 0.213. The maximum absolute atomic E-state index is 12.7. The van der Waals surface area contributed by atoms with E-state index in [-0.39, 0.29) is 5.28 Å². The molecule has 0 aliphatic carbocycles. The first-order valence-electron chi connectivity index (χ1n) is 6.08. The molecule has 106 valence electrons. The molecule has 0 N–H and O–H groups in total. The molecule has 0 saturated carbocycles. The highest BCUT2D eigenvalue weighted by atomic mass is 35.5. The van der Waals surface area contributed by atoms with Crippen molar-refractivity contribution in [2.45, 2.75) is 40.4 Å². The van der Waals surface area contributed by atoms with Crippen LogP contribution in [0.3, 0.4) is 0 Å². The maximum atomic E-state index is 12.7. The third-order valence-corrected chi connectivity index (χ3v) is 2.93. The monoisotopic (exact) mass is 292 g/mol. The number of aromatic nitrogens is 2. The smallest absolute Gasteiger partial charge is 0.315 e. The Balaban J connectivity index is 0.000000861. The van der Waals surface area contributed by atoms with Gasteiger partial charge >= 0.3 is 6.18 Å². The highest BCUT2D eigenvalue weighted by molar-refractivity contribution is 6.29. The molecular formula is C13H16ClF3N2. The van der Waals surface area contributed by atoms with Crippen molar-refractivity contribution in [3.63, 3.8) is 0 Å². The Morgan fingerprint density at radius 3 is 2.32 bits per heavy atom. The predicted molar refractivity (Wildman–Crippen MR) is 71.5 cm³/mol. The molecule has 0 aliphatic heterocycles. The van der Waals surface area contributed by atoms with Gasteiger partial charge < -0.3 is 4.57 Å². The second kappa shape index (κ2) is 5.82. The Hall–Kier alpha value is -1.23. The lowest BCUT2D eigenvalue weighted by molar-refractivity contribution is -0.137. The van der Waals surface area contributed by atoms with E-state index < -0.39 is 11.7 Å². The molecule has 1 aromatic carbocycles. The summed E-state index contributed by atoms with van der Waals surface area (Å²) in [6, 6.07) is 2.18. The minimum atomic E-state index is -4.35. The largest absolute Gasteiger partial charge is 0.416 e. The van der Waals surface area contributed by atoms with E-state index in [4.69, 9.17) is 11.6 Å². The molecule has 2 rings (SSSR count). The van der Waals surface area contributed by atoms with Crippen LogP contribution in [0.2, 0.25) is 5.28 Å². The number of aryl methyl sites for hydroxylation is 2. The zero-order valence-electron chi connectivity index (χ0n) is 11.3. The number of imidazole rings is 1. The number of fused-ring (bicyclic) bond motifs is 1. The van der Waals surface area contributed by atoms with Crippen LogP contribution >= 0.6 is 11.6 Å². The van der Waals surface area contributed by atoms with Crippen molar-refractivity contribution < 1.29 is 13.2 Å². The van der Waals surface area contributed by atoms with E-state index in [2.05, 4.69) is 4.98 Å². The van der Waals surface area contributed by atoms with Gasteiger partial charge in [0.1, 0.15) is 0 Å². The van der Waals surface area contributed by atoms with Gasteiger partial charge in [0.2, 0.25) is 5.28 Å². The van der Waals surface area contributed by atoms with E-state index in [0.29, 0.717) is 23.1 Å². The molecule has 0 fully saturated rings. The Labute approximate surface area is 115 Å². The molecule has 2 aromatic rings. The lowest BCUT2D eigenvalue weighted by Gasteiger charge is -2.09. The van der Waals surface area contributed by atoms with Gasteiger partial charge in [-0.15, -0.1) is 0 Å². The van der Waals surface area contributed by atoms with Gasteiger partial charge in [0.05, 0.1) is 16.6 Å². The summed E-state index contributed by atoms with van der Waals surface area (Å²) >= 11 is 5.88. The SMILES string of the molecule is CC.CCn1c(Cl)nc2c(C)cc(C(F)(F)F)cc21. The lowest BCUT2D eigenvalue weighted by Crippen LogP contribution is -2.06. The number of nitrogens with zero attached hydrogens (tertiary/aromatic N) is 2. The molecule has 0 atom stereocenters. The zero-order valence-corrected chi connectivity index (χ0v) is 12.0. The van der Waals surface area contributed by atoms with Gasteiger partial charge in [0.15, 0.2) is 0 Å².